The smallest absolute Gasteiger partial charge is 0.319 e. The molecule has 1 atom stereocenters. The number of hydrogen-bond donors (Lipinski definition) is 1. The second-order valence-electron chi connectivity index (χ2n) is 6.30. The largest absolute Gasteiger partial charge is 0.337 e. The Kier molecular flexibility index (Phi) is 6.06. The molecule has 126 valence electrons. The van der Waals surface area contributed by atoms with Crippen molar-refractivity contribution >= 4 is 11.9 Å². The molecule has 0 bridgehead atoms. The molecule has 0 aliphatic carbocycles. The van der Waals surface area contributed by atoms with Crippen LogP contribution >= 0.6 is 0 Å². The third kappa shape index (κ3) is 3.72. The summed E-state index contributed by atoms with van der Waals surface area (Å²) in [6, 6.07) is 0.392. The molecule has 6 heteroatoms. The van der Waals surface area contributed by atoms with Crippen molar-refractivity contribution in [2.75, 3.05) is 45.8 Å². The van der Waals surface area contributed by atoms with Crippen LogP contribution in [0.3, 0.4) is 0 Å². The first-order chi connectivity index (χ1) is 10.6. The molecule has 0 aromatic heterocycles. The van der Waals surface area contributed by atoms with Crippen molar-refractivity contribution in [1.29, 1.82) is 0 Å². The number of likely N-dealkylation sites (tertiary alicyclic amines) is 1. The van der Waals surface area contributed by atoms with Crippen molar-refractivity contribution in [1.82, 2.24) is 20.0 Å². The number of amides is 3. The number of hydrogen-bond acceptors (Lipinski definition) is 3. The molecule has 2 aliphatic heterocycles. The normalized spacial score (nSPS) is 23.5. The van der Waals surface area contributed by atoms with Gasteiger partial charge < -0.3 is 20.0 Å². The molecule has 0 saturated carbocycles. The van der Waals surface area contributed by atoms with Crippen LogP contribution in [-0.4, -0.2) is 78.5 Å². The van der Waals surface area contributed by atoms with Crippen molar-refractivity contribution in [3.05, 3.63) is 0 Å². The molecule has 0 spiro atoms. The Morgan fingerprint density at radius 2 is 1.77 bits per heavy atom. The summed E-state index contributed by atoms with van der Waals surface area (Å²) < 4.78 is 0. The van der Waals surface area contributed by atoms with E-state index in [0.29, 0.717) is 13.1 Å². The molecule has 2 fully saturated rings. The Morgan fingerprint density at radius 3 is 2.32 bits per heavy atom. The van der Waals surface area contributed by atoms with Gasteiger partial charge in [0, 0.05) is 57.8 Å². The van der Waals surface area contributed by atoms with Gasteiger partial charge in [-0.25, -0.2) is 4.79 Å². The van der Waals surface area contributed by atoms with Gasteiger partial charge in [0.25, 0.3) is 0 Å². The molecule has 3 amide bonds. The molecule has 1 N–H and O–H groups in total. The third-order valence-corrected chi connectivity index (χ3v) is 4.93. The van der Waals surface area contributed by atoms with Gasteiger partial charge in [0.2, 0.25) is 5.91 Å². The first-order valence-electron chi connectivity index (χ1n) is 8.63. The van der Waals surface area contributed by atoms with E-state index in [0.717, 1.165) is 45.6 Å². The maximum atomic E-state index is 12.7. The fourth-order valence-electron chi connectivity index (χ4n) is 3.41. The number of nitrogens with zero attached hydrogens (tertiary/aromatic N) is 3. The maximum Gasteiger partial charge on any atom is 0.319 e. The minimum atomic E-state index is 0.0845. The van der Waals surface area contributed by atoms with E-state index in [9.17, 15) is 9.59 Å². The van der Waals surface area contributed by atoms with Crippen molar-refractivity contribution in [3.63, 3.8) is 0 Å². The van der Waals surface area contributed by atoms with Crippen LogP contribution in [0.2, 0.25) is 0 Å². The Bertz CT molecular complexity index is 390. The Balaban J connectivity index is 1.86. The predicted molar refractivity (Wildman–Crippen MR) is 86.7 cm³/mol. The molecule has 0 aromatic carbocycles. The van der Waals surface area contributed by atoms with E-state index in [-0.39, 0.29) is 23.9 Å². The van der Waals surface area contributed by atoms with E-state index in [1.807, 2.05) is 28.5 Å². The van der Waals surface area contributed by atoms with Gasteiger partial charge in [0.05, 0.1) is 0 Å². The zero-order chi connectivity index (χ0) is 16.1. The van der Waals surface area contributed by atoms with Gasteiger partial charge >= 0.3 is 6.03 Å². The monoisotopic (exact) mass is 310 g/mol. The number of carbonyl (C=O) groups excluding carboxylic acids is 2. The fraction of sp³-hybridized carbons (Fsp3) is 0.875. The molecule has 22 heavy (non-hydrogen) atoms. The SMILES string of the molecule is CCN(CC)C(=O)N1CCC(C(=O)N2CCNC[C@H]2C)CC1. The van der Waals surface area contributed by atoms with Gasteiger partial charge in [0.1, 0.15) is 0 Å². The summed E-state index contributed by atoms with van der Waals surface area (Å²) in [5.74, 6) is 0.366. The van der Waals surface area contributed by atoms with Gasteiger partial charge in [-0.3, -0.25) is 4.79 Å². The van der Waals surface area contributed by atoms with Crippen LogP contribution in [0.5, 0.6) is 0 Å². The third-order valence-electron chi connectivity index (χ3n) is 4.93. The van der Waals surface area contributed by atoms with Crippen LogP contribution in [0.1, 0.15) is 33.6 Å². The van der Waals surface area contributed by atoms with Gasteiger partial charge in [-0.2, -0.15) is 0 Å². The average molecular weight is 310 g/mol. The highest BCUT2D eigenvalue weighted by Crippen LogP contribution is 2.22. The summed E-state index contributed by atoms with van der Waals surface area (Å²) in [4.78, 5) is 30.8. The van der Waals surface area contributed by atoms with Gasteiger partial charge in [0.15, 0.2) is 0 Å². The quantitative estimate of drug-likeness (QED) is 0.845. The lowest BCUT2D eigenvalue weighted by molar-refractivity contribution is -0.139. The number of nitrogens with one attached hydrogen (secondary N) is 1. The van der Waals surface area contributed by atoms with Crippen LogP contribution in [-0.2, 0) is 4.79 Å². The first-order valence-corrected chi connectivity index (χ1v) is 8.63. The molecule has 2 heterocycles. The number of piperazine rings is 1. The summed E-state index contributed by atoms with van der Waals surface area (Å²) in [5.41, 5.74) is 0. The van der Waals surface area contributed by atoms with Crippen LogP contribution < -0.4 is 5.32 Å². The molecule has 0 unspecified atom stereocenters. The van der Waals surface area contributed by atoms with Crippen molar-refractivity contribution in [3.8, 4) is 0 Å². The van der Waals surface area contributed by atoms with Gasteiger partial charge in [-0.05, 0) is 33.6 Å². The lowest BCUT2D eigenvalue weighted by atomic mass is 9.94. The summed E-state index contributed by atoms with van der Waals surface area (Å²) >= 11 is 0. The Hall–Kier alpha value is -1.30. The molecule has 2 rings (SSSR count). The van der Waals surface area contributed by atoms with Crippen molar-refractivity contribution < 1.29 is 9.59 Å². The highest BCUT2D eigenvalue weighted by Gasteiger charge is 2.33. The van der Waals surface area contributed by atoms with Crippen LogP contribution in [0.15, 0.2) is 0 Å². The Morgan fingerprint density at radius 1 is 1.14 bits per heavy atom. The molecule has 0 radical (unpaired) electrons. The zero-order valence-corrected chi connectivity index (χ0v) is 14.2. The van der Waals surface area contributed by atoms with E-state index in [1.54, 1.807) is 0 Å². The first kappa shape index (κ1) is 17.1. The van der Waals surface area contributed by atoms with Gasteiger partial charge in [-0.15, -0.1) is 0 Å². The predicted octanol–water partition coefficient (Wildman–Crippen LogP) is 0.981. The highest BCUT2D eigenvalue weighted by atomic mass is 16.2. The fourth-order valence-corrected chi connectivity index (χ4v) is 3.41. The van der Waals surface area contributed by atoms with Crippen molar-refractivity contribution in [2.45, 2.75) is 39.7 Å². The minimum Gasteiger partial charge on any atom is -0.337 e. The second-order valence-corrected chi connectivity index (χ2v) is 6.30. The maximum absolute atomic E-state index is 12.7. The molecule has 0 aromatic rings. The van der Waals surface area contributed by atoms with Crippen LogP contribution in [0, 0.1) is 5.92 Å². The number of carbonyl (C=O) groups is 2. The van der Waals surface area contributed by atoms with Gasteiger partial charge in [-0.1, -0.05) is 0 Å². The molecule has 2 aliphatic rings. The number of piperidine rings is 1. The van der Waals surface area contributed by atoms with E-state index in [4.69, 9.17) is 0 Å². The Labute approximate surface area is 133 Å². The lowest BCUT2D eigenvalue weighted by Crippen LogP contribution is -2.55. The summed E-state index contributed by atoms with van der Waals surface area (Å²) in [6.45, 7) is 11.6. The van der Waals surface area contributed by atoms with E-state index >= 15 is 0 Å². The minimum absolute atomic E-state index is 0.0845. The summed E-state index contributed by atoms with van der Waals surface area (Å²) in [6.07, 6.45) is 1.59. The molecular weight excluding hydrogens is 280 g/mol. The zero-order valence-electron chi connectivity index (χ0n) is 14.2. The van der Waals surface area contributed by atoms with E-state index in [1.165, 1.54) is 0 Å². The highest BCUT2D eigenvalue weighted by molar-refractivity contribution is 5.80. The average Bonchev–Trinajstić information content (AvgIpc) is 2.56. The van der Waals surface area contributed by atoms with Crippen molar-refractivity contribution in [2.24, 2.45) is 5.92 Å². The number of urea groups is 1. The second kappa shape index (κ2) is 7.81. The summed E-state index contributed by atoms with van der Waals surface area (Å²) in [5, 5.41) is 3.32. The van der Waals surface area contributed by atoms with E-state index in [2.05, 4.69) is 12.2 Å². The molecule has 2 saturated heterocycles. The molecule has 6 nitrogen and oxygen atoms in total. The topological polar surface area (TPSA) is 55.9 Å². The number of rotatable bonds is 3. The summed E-state index contributed by atoms with van der Waals surface area (Å²) in [7, 11) is 0. The van der Waals surface area contributed by atoms with E-state index < -0.39 is 0 Å². The molecular formula is C16H30N4O2. The lowest BCUT2D eigenvalue weighted by Gasteiger charge is -2.39. The van der Waals surface area contributed by atoms with Crippen LogP contribution in [0.25, 0.3) is 0 Å². The van der Waals surface area contributed by atoms with Crippen LogP contribution in [0.4, 0.5) is 4.79 Å². The standard InChI is InChI=1S/C16H30N4O2/c1-4-18(5-2)16(22)19-9-6-14(7-10-19)15(21)20-11-8-17-12-13(20)3/h13-14,17H,4-12H2,1-3H3/t13-/m1/s1.